The number of thiazole rings is 1. The minimum absolute atomic E-state index is 0.00410. The van der Waals surface area contributed by atoms with Gasteiger partial charge in [0.05, 0.1) is 11.4 Å². The molecule has 0 spiro atoms. The van der Waals surface area contributed by atoms with Crippen molar-refractivity contribution in [3.63, 3.8) is 0 Å². The topological polar surface area (TPSA) is 124 Å². The van der Waals surface area contributed by atoms with Crippen LogP contribution in [-0.2, 0) is 16.1 Å². The fourth-order valence-corrected chi connectivity index (χ4v) is 3.00. The van der Waals surface area contributed by atoms with Gasteiger partial charge >= 0.3 is 0 Å². The lowest BCUT2D eigenvalue weighted by Gasteiger charge is -2.18. The Labute approximate surface area is 144 Å². The predicted molar refractivity (Wildman–Crippen MR) is 88.1 cm³/mol. The molecule has 1 aromatic carbocycles. The molecule has 4 rings (SSSR count). The summed E-state index contributed by atoms with van der Waals surface area (Å²) in [5.74, 6) is 0.145. The van der Waals surface area contributed by atoms with E-state index in [2.05, 4.69) is 31.1 Å². The highest BCUT2D eigenvalue weighted by Crippen LogP contribution is 2.33. The monoisotopic (exact) mass is 357 g/mol. The van der Waals surface area contributed by atoms with Crippen LogP contribution in [0.25, 0.3) is 11.3 Å². The van der Waals surface area contributed by atoms with Crippen LogP contribution in [0.15, 0.2) is 29.9 Å². The lowest BCUT2D eigenvalue weighted by atomic mass is 10.1. The number of amides is 2. The van der Waals surface area contributed by atoms with Crippen LogP contribution in [-0.4, -0.2) is 43.6 Å². The molecule has 2 N–H and O–H groups in total. The van der Waals surface area contributed by atoms with Crippen molar-refractivity contribution in [1.82, 2.24) is 25.2 Å². The Balaban J connectivity index is 1.48. The third-order valence-corrected chi connectivity index (χ3v) is 4.11. The number of hydrogen-bond donors (Lipinski definition) is 2. The lowest BCUT2D eigenvalue weighted by molar-refractivity contribution is -0.118. The minimum atomic E-state index is -0.278. The van der Waals surface area contributed by atoms with Crippen LogP contribution in [0.4, 0.5) is 10.8 Å². The summed E-state index contributed by atoms with van der Waals surface area (Å²) < 4.78 is 6.64. The summed E-state index contributed by atoms with van der Waals surface area (Å²) in [5.41, 5.74) is 2.10. The molecule has 0 radical (unpaired) electrons. The number of nitrogens with one attached hydrogen (secondary N) is 2. The largest absolute Gasteiger partial charge is 0.482 e. The first-order valence-corrected chi connectivity index (χ1v) is 8.08. The maximum atomic E-state index is 11.9. The van der Waals surface area contributed by atoms with E-state index in [4.69, 9.17) is 4.74 Å². The smallest absolute Gasteiger partial charge is 0.262 e. The third kappa shape index (κ3) is 3.30. The number of aromatic nitrogens is 5. The average Bonchev–Trinajstić information content (AvgIpc) is 3.26. The van der Waals surface area contributed by atoms with Gasteiger partial charge in [0.25, 0.3) is 5.91 Å². The summed E-state index contributed by atoms with van der Waals surface area (Å²) in [4.78, 5) is 27.7. The molecule has 1 aliphatic rings. The summed E-state index contributed by atoms with van der Waals surface area (Å²) in [7, 11) is 0. The van der Waals surface area contributed by atoms with Gasteiger partial charge in [-0.05, 0) is 28.6 Å². The highest BCUT2D eigenvalue weighted by atomic mass is 32.1. The molecule has 10 nitrogen and oxygen atoms in total. The van der Waals surface area contributed by atoms with E-state index in [-0.39, 0.29) is 25.0 Å². The zero-order valence-electron chi connectivity index (χ0n) is 12.7. The minimum Gasteiger partial charge on any atom is -0.482 e. The van der Waals surface area contributed by atoms with E-state index in [1.54, 1.807) is 12.1 Å². The molecule has 2 aromatic heterocycles. The number of carbonyl (C=O) groups excluding carboxylic acids is 2. The molecule has 0 saturated carbocycles. The maximum Gasteiger partial charge on any atom is 0.262 e. The Hall–Kier alpha value is -3.34. The summed E-state index contributed by atoms with van der Waals surface area (Å²) in [5, 5.41) is 18.3. The molecule has 0 fully saturated rings. The van der Waals surface area contributed by atoms with E-state index < -0.39 is 0 Å². The van der Waals surface area contributed by atoms with Gasteiger partial charge < -0.3 is 15.4 Å². The van der Waals surface area contributed by atoms with Crippen molar-refractivity contribution >= 4 is 34.0 Å². The zero-order chi connectivity index (χ0) is 17.2. The number of rotatable bonds is 4. The van der Waals surface area contributed by atoms with E-state index in [0.29, 0.717) is 22.3 Å². The zero-order valence-corrected chi connectivity index (χ0v) is 13.5. The number of hydrogen-bond acceptors (Lipinski definition) is 8. The number of anilines is 2. The Morgan fingerprint density at radius 3 is 3.20 bits per heavy atom. The highest BCUT2D eigenvalue weighted by molar-refractivity contribution is 7.14. The van der Waals surface area contributed by atoms with E-state index in [1.807, 2.05) is 11.4 Å². The molecule has 2 amide bonds. The predicted octanol–water partition coefficient (Wildman–Crippen LogP) is 0.766. The van der Waals surface area contributed by atoms with Crippen LogP contribution >= 0.6 is 11.3 Å². The molecular weight excluding hydrogens is 346 g/mol. The quantitative estimate of drug-likeness (QED) is 0.706. The molecule has 126 valence electrons. The van der Waals surface area contributed by atoms with E-state index in [9.17, 15) is 9.59 Å². The normalized spacial score (nSPS) is 12.9. The number of nitrogens with zero attached hydrogens (tertiary/aromatic N) is 5. The van der Waals surface area contributed by atoms with E-state index >= 15 is 0 Å². The molecule has 1 aliphatic heterocycles. The van der Waals surface area contributed by atoms with Crippen molar-refractivity contribution in [2.75, 3.05) is 17.2 Å². The van der Waals surface area contributed by atoms with Gasteiger partial charge in [-0.1, -0.05) is 0 Å². The third-order valence-electron chi connectivity index (χ3n) is 3.36. The summed E-state index contributed by atoms with van der Waals surface area (Å²) >= 11 is 1.30. The fraction of sp³-hybridized carbons (Fsp3) is 0.143. The Kier molecular flexibility index (Phi) is 3.82. The van der Waals surface area contributed by atoms with Gasteiger partial charge in [-0.2, -0.15) is 0 Å². The molecule has 11 heteroatoms. The first kappa shape index (κ1) is 15.2. The van der Waals surface area contributed by atoms with Gasteiger partial charge in [-0.3, -0.25) is 9.59 Å². The Bertz CT molecular complexity index is 938. The van der Waals surface area contributed by atoms with Crippen LogP contribution in [0, 0.1) is 0 Å². The van der Waals surface area contributed by atoms with Crippen LogP contribution in [0.1, 0.15) is 0 Å². The molecule has 0 aliphatic carbocycles. The Morgan fingerprint density at radius 1 is 1.44 bits per heavy atom. The van der Waals surface area contributed by atoms with Crippen molar-refractivity contribution in [2.45, 2.75) is 6.54 Å². The first-order valence-electron chi connectivity index (χ1n) is 7.20. The van der Waals surface area contributed by atoms with Gasteiger partial charge in [0.2, 0.25) is 5.91 Å². The van der Waals surface area contributed by atoms with Crippen molar-refractivity contribution < 1.29 is 14.3 Å². The highest BCUT2D eigenvalue weighted by Gasteiger charge is 2.17. The standard InChI is InChI=1S/C14H11N7O3S/c22-12(4-21-7-15-19-20-21)18-14-17-10(6-25-14)8-1-2-11-9(3-8)16-13(23)5-24-11/h1-3,6-7H,4-5H2,(H,16,23)(H,17,18,22). The van der Waals surface area contributed by atoms with Crippen molar-refractivity contribution in [2.24, 2.45) is 0 Å². The molecule has 0 saturated heterocycles. The lowest BCUT2D eigenvalue weighted by Crippen LogP contribution is -2.25. The average molecular weight is 357 g/mol. The van der Waals surface area contributed by atoms with Crippen LogP contribution < -0.4 is 15.4 Å². The molecule has 0 bridgehead atoms. The number of ether oxygens (including phenoxy) is 1. The number of tetrazole rings is 1. The van der Waals surface area contributed by atoms with Crippen molar-refractivity contribution in [3.05, 3.63) is 29.9 Å². The summed E-state index contributed by atoms with van der Waals surface area (Å²) in [6.45, 7) is 0.0185. The van der Waals surface area contributed by atoms with Crippen LogP contribution in [0.5, 0.6) is 5.75 Å². The second kappa shape index (κ2) is 6.28. The van der Waals surface area contributed by atoms with Gasteiger partial charge in [0.15, 0.2) is 11.7 Å². The van der Waals surface area contributed by atoms with Crippen LogP contribution in [0.3, 0.4) is 0 Å². The summed E-state index contributed by atoms with van der Waals surface area (Å²) in [6, 6.07) is 5.41. The van der Waals surface area contributed by atoms with Gasteiger partial charge in [0, 0.05) is 10.9 Å². The first-order chi connectivity index (χ1) is 12.2. The van der Waals surface area contributed by atoms with E-state index in [1.165, 1.54) is 22.3 Å². The fourth-order valence-electron chi connectivity index (χ4n) is 2.26. The maximum absolute atomic E-state index is 11.9. The molecule has 3 heterocycles. The van der Waals surface area contributed by atoms with Crippen molar-refractivity contribution in [3.8, 4) is 17.0 Å². The van der Waals surface area contributed by atoms with Gasteiger partial charge in [-0.15, -0.1) is 16.4 Å². The number of carbonyl (C=O) groups is 2. The molecule has 0 unspecified atom stereocenters. The van der Waals surface area contributed by atoms with Gasteiger partial charge in [-0.25, -0.2) is 9.67 Å². The van der Waals surface area contributed by atoms with E-state index in [0.717, 1.165) is 5.56 Å². The Morgan fingerprint density at radius 2 is 2.36 bits per heavy atom. The number of fused-ring (bicyclic) bond motifs is 1. The second-order valence-corrected chi connectivity index (χ2v) is 6.00. The number of benzene rings is 1. The molecule has 3 aromatic rings. The second-order valence-electron chi connectivity index (χ2n) is 5.14. The van der Waals surface area contributed by atoms with Crippen LogP contribution in [0.2, 0.25) is 0 Å². The summed E-state index contributed by atoms with van der Waals surface area (Å²) in [6.07, 6.45) is 1.36. The molecule has 25 heavy (non-hydrogen) atoms. The molecule has 0 atom stereocenters. The SMILES string of the molecule is O=C(Cn1cnnn1)Nc1nc(-c2ccc3c(c2)NC(=O)CO3)cs1. The molecular formula is C14H11N7O3S. The van der Waals surface area contributed by atoms with Crippen molar-refractivity contribution in [1.29, 1.82) is 0 Å². The van der Waals surface area contributed by atoms with Gasteiger partial charge in [0.1, 0.15) is 18.6 Å².